The summed E-state index contributed by atoms with van der Waals surface area (Å²) >= 11 is 0. The first kappa shape index (κ1) is 35.9. The van der Waals surface area contributed by atoms with E-state index in [2.05, 4.69) is 23.5 Å². The number of ether oxygens (including phenoxy) is 2. The summed E-state index contributed by atoms with van der Waals surface area (Å²) < 4.78 is 10.5. The van der Waals surface area contributed by atoms with E-state index in [1.54, 1.807) is 52.0 Å². The van der Waals surface area contributed by atoms with Crippen LogP contribution in [0.25, 0.3) is 0 Å². The van der Waals surface area contributed by atoms with Gasteiger partial charge in [-0.05, 0) is 57.4 Å². The van der Waals surface area contributed by atoms with Crippen molar-refractivity contribution in [1.82, 2.24) is 15.5 Å². The largest absolute Gasteiger partial charge is 0.466 e. The Morgan fingerprint density at radius 3 is 2.23 bits per heavy atom. The molecule has 0 fully saturated rings. The van der Waals surface area contributed by atoms with Gasteiger partial charge in [-0.1, -0.05) is 74.6 Å². The number of nitrogens with one attached hydrogen (secondary N) is 2. The number of terminal acetylenes is 1. The van der Waals surface area contributed by atoms with Crippen LogP contribution in [0.3, 0.4) is 0 Å². The van der Waals surface area contributed by atoms with E-state index in [0.717, 1.165) is 24.8 Å². The fourth-order valence-electron chi connectivity index (χ4n) is 4.63. The van der Waals surface area contributed by atoms with Gasteiger partial charge in [0.05, 0.1) is 13.0 Å². The van der Waals surface area contributed by atoms with E-state index in [0.29, 0.717) is 17.5 Å². The summed E-state index contributed by atoms with van der Waals surface area (Å²) in [6.07, 6.45) is 8.50. The number of hydrogen-bond donors (Lipinski definition) is 2. The fraction of sp³-hybridized carbons (Fsp3) is 0.486. The second kappa shape index (κ2) is 18.4. The Bertz CT molecular complexity index is 1250. The average molecular weight is 606 g/mol. The van der Waals surface area contributed by atoms with Crippen molar-refractivity contribution < 1.29 is 28.7 Å². The van der Waals surface area contributed by atoms with Crippen molar-refractivity contribution >= 4 is 23.9 Å². The molecule has 0 radical (unpaired) electrons. The van der Waals surface area contributed by atoms with Gasteiger partial charge in [0.1, 0.15) is 17.7 Å². The first-order chi connectivity index (χ1) is 21.0. The number of carbonyl (C=O) groups is 4. The zero-order chi connectivity index (χ0) is 32.5. The van der Waals surface area contributed by atoms with Crippen LogP contribution in [0.15, 0.2) is 54.6 Å². The summed E-state index contributed by atoms with van der Waals surface area (Å²) in [7, 11) is 0. The SMILES string of the molecule is C#Cc1ccc(C(C(=O)NCCC(=O)OCC)N(CCCCCC)C(=O)C(Cc2ccccc2)NC(=O)OC(C)(C)C)cc1. The van der Waals surface area contributed by atoms with Crippen LogP contribution in [0.4, 0.5) is 4.79 Å². The molecule has 0 spiro atoms. The first-order valence-corrected chi connectivity index (χ1v) is 15.3. The van der Waals surface area contributed by atoms with Gasteiger partial charge in [-0.15, -0.1) is 6.42 Å². The van der Waals surface area contributed by atoms with E-state index in [1.165, 1.54) is 4.90 Å². The van der Waals surface area contributed by atoms with Gasteiger partial charge in [0.25, 0.3) is 0 Å². The quantitative estimate of drug-likeness (QED) is 0.152. The summed E-state index contributed by atoms with van der Waals surface area (Å²) in [5, 5.41) is 5.58. The highest BCUT2D eigenvalue weighted by molar-refractivity contribution is 5.92. The van der Waals surface area contributed by atoms with Gasteiger partial charge in [0.2, 0.25) is 11.8 Å². The molecule has 0 saturated heterocycles. The summed E-state index contributed by atoms with van der Waals surface area (Å²) in [6.45, 7) is 9.60. The molecule has 9 heteroatoms. The number of carbonyl (C=O) groups excluding carboxylic acids is 4. The maximum Gasteiger partial charge on any atom is 0.408 e. The van der Waals surface area contributed by atoms with Crippen LogP contribution in [0.2, 0.25) is 0 Å². The van der Waals surface area contributed by atoms with E-state index >= 15 is 0 Å². The van der Waals surface area contributed by atoms with Crippen LogP contribution in [0.5, 0.6) is 0 Å². The molecule has 0 saturated carbocycles. The van der Waals surface area contributed by atoms with Gasteiger partial charge >= 0.3 is 12.1 Å². The van der Waals surface area contributed by atoms with Crippen LogP contribution >= 0.6 is 0 Å². The highest BCUT2D eigenvalue weighted by atomic mass is 16.6. The van der Waals surface area contributed by atoms with Crippen LogP contribution in [0, 0.1) is 12.3 Å². The molecule has 2 aromatic carbocycles. The standard InChI is InChI=1S/C35H47N3O6/c1-7-10-11-15-24-38(33(41)29(25-27-16-13-12-14-17-27)37-34(42)44-35(4,5)6)31(28-20-18-26(8-2)19-21-28)32(40)36-23-22-30(39)43-9-3/h2,12-14,16-21,29,31H,7,9-11,15,22-25H2,1,3-6H3,(H,36,40)(H,37,42). The number of unbranched alkanes of at least 4 members (excludes halogenated alkanes) is 3. The second-order valence-corrected chi connectivity index (χ2v) is 11.5. The maximum absolute atomic E-state index is 14.5. The predicted molar refractivity (Wildman–Crippen MR) is 171 cm³/mol. The van der Waals surface area contributed by atoms with Crippen molar-refractivity contribution in [3.05, 3.63) is 71.3 Å². The maximum atomic E-state index is 14.5. The molecule has 0 aliphatic rings. The monoisotopic (exact) mass is 605 g/mol. The molecule has 0 aliphatic carbocycles. The van der Waals surface area contributed by atoms with Crippen LogP contribution in [-0.4, -0.2) is 60.1 Å². The molecule has 0 aliphatic heterocycles. The molecule has 0 heterocycles. The summed E-state index contributed by atoms with van der Waals surface area (Å²) in [6, 6.07) is 14.2. The number of esters is 1. The third-order valence-corrected chi connectivity index (χ3v) is 6.69. The summed E-state index contributed by atoms with van der Waals surface area (Å²) in [5.41, 5.74) is 1.24. The molecule has 3 amide bonds. The molecular weight excluding hydrogens is 558 g/mol. The van der Waals surface area contributed by atoms with Gasteiger partial charge in [0.15, 0.2) is 0 Å². The van der Waals surface area contributed by atoms with Gasteiger partial charge < -0.3 is 25.0 Å². The van der Waals surface area contributed by atoms with Crippen LogP contribution in [-0.2, 0) is 30.3 Å². The number of hydrogen-bond acceptors (Lipinski definition) is 6. The fourth-order valence-corrected chi connectivity index (χ4v) is 4.63. The van der Waals surface area contributed by atoms with Gasteiger partial charge in [-0.25, -0.2) is 4.79 Å². The number of amides is 3. The first-order valence-electron chi connectivity index (χ1n) is 15.3. The molecule has 0 bridgehead atoms. The van der Waals surface area contributed by atoms with Crippen molar-refractivity contribution in [1.29, 1.82) is 0 Å². The van der Waals surface area contributed by atoms with Crippen molar-refractivity contribution in [3.63, 3.8) is 0 Å². The minimum Gasteiger partial charge on any atom is -0.466 e. The minimum atomic E-state index is -1.04. The molecule has 2 rings (SSSR count). The Morgan fingerprint density at radius 1 is 0.955 bits per heavy atom. The molecule has 0 aromatic heterocycles. The average Bonchev–Trinajstić information content (AvgIpc) is 2.98. The lowest BCUT2D eigenvalue weighted by atomic mass is 9.99. The Labute approximate surface area is 262 Å². The van der Waals surface area contributed by atoms with Crippen molar-refractivity contribution in [3.8, 4) is 12.3 Å². The van der Waals surface area contributed by atoms with Crippen molar-refractivity contribution in [2.24, 2.45) is 0 Å². The zero-order valence-corrected chi connectivity index (χ0v) is 26.7. The smallest absolute Gasteiger partial charge is 0.408 e. The van der Waals surface area contributed by atoms with Crippen molar-refractivity contribution in [2.45, 2.75) is 90.8 Å². The molecule has 44 heavy (non-hydrogen) atoms. The lowest BCUT2D eigenvalue weighted by molar-refractivity contribution is -0.144. The highest BCUT2D eigenvalue weighted by Crippen LogP contribution is 2.25. The Hall–Kier alpha value is -4.32. The topological polar surface area (TPSA) is 114 Å². The number of nitrogens with zero attached hydrogens (tertiary/aromatic N) is 1. The third kappa shape index (κ3) is 12.5. The van der Waals surface area contributed by atoms with Gasteiger partial charge in [-0.3, -0.25) is 14.4 Å². The number of benzene rings is 2. The third-order valence-electron chi connectivity index (χ3n) is 6.69. The van der Waals surface area contributed by atoms with Crippen molar-refractivity contribution in [2.75, 3.05) is 19.7 Å². The molecular formula is C35H47N3O6. The molecule has 9 nitrogen and oxygen atoms in total. The normalized spacial score (nSPS) is 12.3. The van der Waals surface area contributed by atoms with Gasteiger partial charge in [-0.2, -0.15) is 0 Å². The summed E-state index contributed by atoms with van der Waals surface area (Å²) in [4.78, 5) is 54.7. The summed E-state index contributed by atoms with van der Waals surface area (Å²) in [5.74, 6) is 1.26. The molecule has 2 N–H and O–H groups in total. The lowest BCUT2D eigenvalue weighted by Crippen LogP contribution is -2.54. The van der Waals surface area contributed by atoms with Gasteiger partial charge in [0, 0.05) is 25.1 Å². The lowest BCUT2D eigenvalue weighted by Gasteiger charge is -2.34. The molecule has 2 unspecified atom stereocenters. The second-order valence-electron chi connectivity index (χ2n) is 11.5. The Balaban J connectivity index is 2.52. The predicted octanol–water partition coefficient (Wildman–Crippen LogP) is 5.32. The number of rotatable bonds is 16. The zero-order valence-electron chi connectivity index (χ0n) is 26.7. The molecule has 2 aromatic rings. The van der Waals surface area contributed by atoms with E-state index in [1.807, 2.05) is 30.3 Å². The van der Waals surface area contributed by atoms with E-state index in [-0.39, 0.29) is 32.5 Å². The van der Waals surface area contributed by atoms with Crippen LogP contribution < -0.4 is 10.6 Å². The van der Waals surface area contributed by atoms with E-state index in [4.69, 9.17) is 15.9 Å². The van der Waals surface area contributed by atoms with E-state index in [9.17, 15) is 19.2 Å². The highest BCUT2D eigenvalue weighted by Gasteiger charge is 2.36. The van der Waals surface area contributed by atoms with E-state index < -0.39 is 41.6 Å². The molecule has 2 atom stereocenters. The number of alkyl carbamates (subject to hydrolysis) is 1. The molecule has 238 valence electrons. The Kier molecular flexibility index (Phi) is 15.0. The minimum absolute atomic E-state index is 0.0103. The Morgan fingerprint density at radius 2 is 1.64 bits per heavy atom. The van der Waals surface area contributed by atoms with Crippen LogP contribution in [0.1, 0.15) is 89.5 Å².